The zero-order valence-corrected chi connectivity index (χ0v) is 21.1. The number of pyridine rings is 1. The maximum Gasteiger partial charge on any atom is 0.255 e. The van der Waals surface area contributed by atoms with Gasteiger partial charge in [-0.2, -0.15) is 0 Å². The van der Waals surface area contributed by atoms with E-state index in [-0.39, 0.29) is 17.2 Å². The lowest BCUT2D eigenvalue weighted by molar-refractivity contribution is 0.0390. The molecule has 2 aliphatic heterocycles. The fourth-order valence-electron chi connectivity index (χ4n) is 5.10. The van der Waals surface area contributed by atoms with E-state index in [2.05, 4.69) is 58.1 Å². The summed E-state index contributed by atoms with van der Waals surface area (Å²) in [5.41, 5.74) is 2.65. The van der Waals surface area contributed by atoms with Gasteiger partial charge in [-0.05, 0) is 50.7 Å². The Hall–Kier alpha value is -3.30. The lowest BCUT2D eigenvalue weighted by atomic mass is 10.0. The van der Waals surface area contributed by atoms with Crippen molar-refractivity contribution in [3.05, 3.63) is 70.5 Å². The summed E-state index contributed by atoms with van der Waals surface area (Å²) in [6.45, 7) is 3.77. The van der Waals surface area contributed by atoms with Gasteiger partial charge in [0.1, 0.15) is 6.10 Å². The van der Waals surface area contributed by atoms with Gasteiger partial charge in [0.15, 0.2) is 5.82 Å². The number of rotatable bonds is 5. The van der Waals surface area contributed by atoms with Crippen LogP contribution in [0.1, 0.15) is 24.5 Å². The lowest BCUT2D eigenvalue weighted by Gasteiger charge is -2.37. The van der Waals surface area contributed by atoms with Crippen molar-refractivity contribution in [1.29, 1.82) is 0 Å². The molecule has 1 atom stereocenters. The first-order valence-corrected chi connectivity index (χ1v) is 12.5. The quantitative estimate of drug-likeness (QED) is 0.542. The summed E-state index contributed by atoms with van der Waals surface area (Å²) >= 11 is 0. The van der Waals surface area contributed by atoms with Crippen LogP contribution in [0, 0.1) is 5.82 Å². The molecule has 0 N–H and O–H groups in total. The first kappa shape index (κ1) is 24.4. The van der Waals surface area contributed by atoms with Gasteiger partial charge in [-0.25, -0.2) is 9.37 Å². The average molecular weight is 493 g/mol. The molecule has 0 bridgehead atoms. The smallest absolute Gasteiger partial charge is 0.255 e. The van der Waals surface area contributed by atoms with Crippen LogP contribution >= 0.6 is 0 Å². The molecular formula is C27H33FN6O2. The number of morpholine rings is 1. The second-order valence-electron chi connectivity index (χ2n) is 9.77. The molecule has 190 valence electrons. The summed E-state index contributed by atoms with van der Waals surface area (Å²) in [7, 11) is 6.00. The van der Waals surface area contributed by atoms with Crippen LogP contribution in [0.15, 0.2) is 53.6 Å². The second-order valence-corrected chi connectivity index (χ2v) is 9.77. The van der Waals surface area contributed by atoms with E-state index in [0.29, 0.717) is 37.4 Å². The number of ether oxygens (including phenoxy) is 1. The fourth-order valence-corrected chi connectivity index (χ4v) is 5.10. The number of halogens is 1. The molecule has 3 aromatic rings. The highest BCUT2D eigenvalue weighted by molar-refractivity contribution is 5.60. The summed E-state index contributed by atoms with van der Waals surface area (Å²) in [5.74, 6) is -0.00233. The van der Waals surface area contributed by atoms with Gasteiger partial charge in [-0.15, -0.1) is 0 Å². The number of nitrogens with zero attached hydrogens (tertiary/aromatic N) is 6. The van der Waals surface area contributed by atoms with Gasteiger partial charge in [0.2, 0.25) is 5.95 Å². The average Bonchev–Trinajstić information content (AvgIpc) is 2.91. The highest BCUT2D eigenvalue weighted by Gasteiger charge is 2.26. The Balaban J connectivity index is 1.32. The molecule has 5 rings (SSSR count). The normalized spacial score (nSPS) is 19.2. The van der Waals surface area contributed by atoms with Crippen LogP contribution in [-0.4, -0.2) is 72.4 Å². The first-order chi connectivity index (χ1) is 17.4. The molecule has 2 aliphatic rings. The van der Waals surface area contributed by atoms with Crippen molar-refractivity contribution < 1.29 is 9.13 Å². The first-order valence-electron chi connectivity index (χ1n) is 12.5. The zero-order chi connectivity index (χ0) is 25.2. The van der Waals surface area contributed by atoms with E-state index in [0.717, 1.165) is 24.8 Å². The Morgan fingerprint density at radius 1 is 1.06 bits per heavy atom. The minimum absolute atomic E-state index is 0.148. The third-order valence-electron chi connectivity index (χ3n) is 7.33. The van der Waals surface area contributed by atoms with E-state index in [1.807, 2.05) is 4.90 Å². The number of benzene rings is 1. The van der Waals surface area contributed by atoms with E-state index in [9.17, 15) is 9.18 Å². The molecule has 36 heavy (non-hydrogen) atoms. The van der Waals surface area contributed by atoms with Crippen LogP contribution in [-0.2, 0) is 11.8 Å². The van der Waals surface area contributed by atoms with Gasteiger partial charge in [-0.1, -0.05) is 12.1 Å². The Labute approximate surface area is 211 Å². The van der Waals surface area contributed by atoms with Gasteiger partial charge in [0, 0.05) is 56.2 Å². The lowest BCUT2D eigenvalue weighted by Crippen LogP contribution is -2.42. The Morgan fingerprint density at radius 2 is 1.81 bits per heavy atom. The fraction of sp³-hybridized carbons (Fsp3) is 0.444. The molecule has 0 saturated carbocycles. The van der Waals surface area contributed by atoms with Gasteiger partial charge in [0.05, 0.1) is 25.0 Å². The number of piperidine rings is 1. The monoisotopic (exact) mass is 492 g/mol. The van der Waals surface area contributed by atoms with Gasteiger partial charge >= 0.3 is 0 Å². The molecule has 0 amide bonds. The van der Waals surface area contributed by atoms with Crippen molar-refractivity contribution in [2.45, 2.75) is 25.0 Å². The molecule has 1 aromatic carbocycles. The van der Waals surface area contributed by atoms with E-state index >= 15 is 0 Å². The molecule has 8 nitrogen and oxygen atoms in total. The van der Waals surface area contributed by atoms with Crippen LogP contribution in [0.4, 0.5) is 16.0 Å². The molecule has 2 fully saturated rings. The molecule has 0 aliphatic carbocycles. The molecule has 0 unspecified atom stereocenters. The molecule has 9 heteroatoms. The summed E-state index contributed by atoms with van der Waals surface area (Å²) in [6, 6.07) is 12.2. The molecule has 2 aromatic heterocycles. The predicted molar refractivity (Wildman–Crippen MR) is 139 cm³/mol. The standard InChI is InChI=1S/C27H33FN6O2/c1-31(2)20-9-12-33(13-10-20)21-6-4-19(5-7-21)25-18-34(14-15-36-25)27-30-24(16-26(35)32(27)3)22-8-11-29-17-23(22)28/h4-8,11,16-17,20,25H,9-10,12-15,18H2,1-3H3/t25-/m1/s1. The highest BCUT2D eigenvalue weighted by Crippen LogP contribution is 2.29. The van der Waals surface area contributed by atoms with E-state index in [1.165, 1.54) is 41.4 Å². The third-order valence-corrected chi connectivity index (χ3v) is 7.33. The van der Waals surface area contributed by atoms with E-state index in [4.69, 9.17) is 4.74 Å². The number of hydrogen-bond donors (Lipinski definition) is 0. The van der Waals surface area contributed by atoms with Crippen molar-refractivity contribution >= 4 is 11.6 Å². The topological polar surface area (TPSA) is 66.7 Å². The maximum atomic E-state index is 14.3. The molecule has 0 radical (unpaired) electrons. The Kier molecular flexibility index (Phi) is 7.02. The zero-order valence-electron chi connectivity index (χ0n) is 21.1. The molecule has 2 saturated heterocycles. The van der Waals surface area contributed by atoms with Crippen molar-refractivity contribution in [2.75, 3.05) is 56.7 Å². The summed E-state index contributed by atoms with van der Waals surface area (Å²) in [4.78, 5) is 28.0. The molecule has 0 spiro atoms. The van der Waals surface area contributed by atoms with E-state index in [1.54, 1.807) is 7.05 Å². The largest absolute Gasteiger partial charge is 0.371 e. The van der Waals surface area contributed by atoms with Crippen molar-refractivity contribution in [1.82, 2.24) is 19.4 Å². The molecule has 4 heterocycles. The summed E-state index contributed by atoms with van der Waals surface area (Å²) < 4.78 is 21.9. The highest BCUT2D eigenvalue weighted by atomic mass is 19.1. The number of anilines is 2. The minimum atomic E-state index is -0.505. The number of hydrogen-bond acceptors (Lipinski definition) is 7. The van der Waals surface area contributed by atoms with Gasteiger partial charge in [-0.3, -0.25) is 14.3 Å². The molecular weight excluding hydrogens is 459 g/mol. The van der Waals surface area contributed by atoms with Crippen molar-refractivity contribution in [3.63, 3.8) is 0 Å². The SMILES string of the molecule is CN(C)C1CCN(c2ccc([C@H]3CN(c4nc(-c5ccncc5F)cc(=O)n4C)CCO3)cc2)CC1. The Bertz CT molecular complexity index is 1250. The second kappa shape index (κ2) is 10.4. The Morgan fingerprint density at radius 3 is 2.50 bits per heavy atom. The predicted octanol–water partition coefficient (Wildman–Crippen LogP) is 3.09. The van der Waals surface area contributed by atoms with Crippen LogP contribution in [0.2, 0.25) is 0 Å². The van der Waals surface area contributed by atoms with Crippen LogP contribution in [0.25, 0.3) is 11.3 Å². The van der Waals surface area contributed by atoms with Crippen LogP contribution in [0.5, 0.6) is 0 Å². The summed E-state index contributed by atoms with van der Waals surface area (Å²) in [5, 5.41) is 0. The third kappa shape index (κ3) is 4.99. The van der Waals surface area contributed by atoms with Crippen molar-refractivity contribution in [2.24, 2.45) is 7.05 Å². The van der Waals surface area contributed by atoms with Crippen LogP contribution in [0.3, 0.4) is 0 Å². The number of aromatic nitrogens is 3. The van der Waals surface area contributed by atoms with Gasteiger partial charge in [0.25, 0.3) is 5.56 Å². The van der Waals surface area contributed by atoms with Crippen LogP contribution < -0.4 is 15.4 Å². The summed E-state index contributed by atoms with van der Waals surface area (Å²) in [6.07, 6.45) is 4.82. The maximum absolute atomic E-state index is 14.3. The minimum Gasteiger partial charge on any atom is -0.371 e. The van der Waals surface area contributed by atoms with Gasteiger partial charge < -0.3 is 19.4 Å². The van der Waals surface area contributed by atoms with E-state index < -0.39 is 5.82 Å². The van der Waals surface area contributed by atoms with Crippen molar-refractivity contribution in [3.8, 4) is 11.3 Å².